The van der Waals surface area contributed by atoms with Crippen molar-refractivity contribution in [3.05, 3.63) is 34.3 Å². The van der Waals surface area contributed by atoms with Crippen molar-refractivity contribution in [3.8, 4) is 0 Å². The molecule has 0 N–H and O–H groups in total. The Labute approximate surface area is 71.1 Å². The summed E-state index contributed by atoms with van der Waals surface area (Å²) in [5.74, 6) is 0. The summed E-state index contributed by atoms with van der Waals surface area (Å²) in [5, 5.41) is 0. The molecule has 0 aliphatic heterocycles. The van der Waals surface area contributed by atoms with Crippen LogP contribution >= 0.6 is 11.3 Å². The van der Waals surface area contributed by atoms with Gasteiger partial charge in [-0.05, 0) is 19.9 Å². The van der Waals surface area contributed by atoms with Crippen LogP contribution in [0, 0.1) is 6.92 Å². The van der Waals surface area contributed by atoms with Gasteiger partial charge in [-0.15, -0.1) is 11.3 Å². The second-order valence-electron chi connectivity index (χ2n) is 2.19. The topological polar surface area (TPSA) is 12.9 Å². The highest BCUT2D eigenvalue weighted by Crippen LogP contribution is 2.13. The van der Waals surface area contributed by atoms with Gasteiger partial charge in [-0.25, -0.2) is 4.98 Å². The van der Waals surface area contributed by atoms with Crippen LogP contribution in [0.1, 0.15) is 17.5 Å². The van der Waals surface area contributed by atoms with E-state index in [1.54, 1.807) is 11.3 Å². The fourth-order valence-corrected chi connectivity index (χ4v) is 1.43. The molecule has 58 valence electrons. The standard InChI is InChI=1S/C9H11NS/c1-3-4-5-6-9-8(2)10-7-11-9/h3-7H,1-2H3/b4-3+,6-5+. The lowest BCUT2D eigenvalue weighted by molar-refractivity contribution is 1.26. The summed E-state index contributed by atoms with van der Waals surface area (Å²) < 4.78 is 0. The number of allylic oxidation sites excluding steroid dienone is 3. The predicted octanol–water partition coefficient (Wildman–Crippen LogP) is 3.04. The molecule has 1 aromatic heterocycles. The average molecular weight is 165 g/mol. The molecule has 1 aromatic rings. The number of nitrogens with zero attached hydrogens (tertiary/aromatic N) is 1. The third kappa shape index (κ3) is 2.31. The quantitative estimate of drug-likeness (QED) is 0.614. The van der Waals surface area contributed by atoms with Gasteiger partial charge < -0.3 is 0 Å². The van der Waals surface area contributed by atoms with Crippen LogP contribution in [0.4, 0.5) is 0 Å². The van der Waals surface area contributed by atoms with E-state index in [1.807, 2.05) is 37.6 Å². The first kappa shape index (κ1) is 8.21. The molecule has 0 amide bonds. The van der Waals surface area contributed by atoms with Crippen LogP contribution in [-0.4, -0.2) is 4.98 Å². The highest BCUT2D eigenvalue weighted by atomic mass is 32.1. The van der Waals surface area contributed by atoms with Gasteiger partial charge in [0.15, 0.2) is 0 Å². The van der Waals surface area contributed by atoms with Gasteiger partial charge in [0.2, 0.25) is 0 Å². The van der Waals surface area contributed by atoms with Crippen molar-refractivity contribution in [2.45, 2.75) is 13.8 Å². The minimum Gasteiger partial charge on any atom is -0.249 e. The molecule has 0 atom stereocenters. The van der Waals surface area contributed by atoms with Crippen molar-refractivity contribution in [1.29, 1.82) is 0 Å². The third-order valence-corrected chi connectivity index (χ3v) is 2.23. The maximum absolute atomic E-state index is 4.14. The summed E-state index contributed by atoms with van der Waals surface area (Å²) in [6, 6.07) is 0. The number of hydrogen-bond acceptors (Lipinski definition) is 2. The van der Waals surface area contributed by atoms with Crippen molar-refractivity contribution in [2.75, 3.05) is 0 Å². The summed E-state index contributed by atoms with van der Waals surface area (Å²) in [5.41, 5.74) is 2.97. The van der Waals surface area contributed by atoms with E-state index in [0.717, 1.165) is 5.69 Å². The molecule has 0 aromatic carbocycles. The molecule has 0 spiro atoms. The monoisotopic (exact) mass is 165 g/mol. The maximum atomic E-state index is 4.14. The van der Waals surface area contributed by atoms with Crippen LogP contribution in [0.5, 0.6) is 0 Å². The van der Waals surface area contributed by atoms with E-state index >= 15 is 0 Å². The maximum Gasteiger partial charge on any atom is 0.0801 e. The Hall–Kier alpha value is -0.890. The SMILES string of the molecule is C/C=C/C=C/c1scnc1C. The van der Waals surface area contributed by atoms with Gasteiger partial charge in [-0.1, -0.05) is 18.2 Å². The van der Waals surface area contributed by atoms with E-state index in [2.05, 4.69) is 11.1 Å². The molecule has 2 heteroatoms. The Bertz CT molecular complexity index is 271. The van der Waals surface area contributed by atoms with Gasteiger partial charge in [-0.2, -0.15) is 0 Å². The van der Waals surface area contributed by atoms with Gasteiger partial charge in [0.05, 0.1) is 11.2 Å². The third-order valence-electron chi connectivity index (χ3n) is 1.33. The highest BCUT2D eigenvalue weighted by Gasteiger charge is 1.93. The molecule has 0 unspecified atom stereocenters. The van der Waals surface area contributed by atoms with Crippen molar-refractivity contribution in [2.24, 2.45) is 0 Å². The predicted molar refractivity (Wildman–Crippen MR) is 50.7 cm³/mol. The second kappa shape index (κ2) is 4.09. The minimum absolute atomic E-state index is 1.11. The summed E-state index contributed by atoms with van der Waals surface area (Å²) in [6.07, 6.45) is 8.12. The Morgan fingerprint density at radius 2 is 2.27 bits per heavy atom. The number of rotatable bonds is 2. The molecule has 0 saturated carbocycles. The molecule has 0 radical (unpaired) electrons. The van der Waals surface area contributed by atoms with Crippen molar-refractivity contribution in [3.63, 3.8) is 0 Å². The van der Waals surface area contributed by atoms with E-state index in [9.17, 15) is 0 Å². The first-order valence-electron chi connectivity index (χ1n) is 3.54. The average Bonchev–Trinajstić information content (AvgIpc) is 2.37. The van der Waals surface area contributed by atoms with Crippen LogP contribution in [0.3, 0.4) is 0 Å². The van der Waals surface area contributed by atoms with Crippen LogP contribution in [0.15, 0.2) is 23.7 Å². The number of thiazole rings is 1. The van der Waals surface area contributed by atoms with Gasteiger partial charge in [0.1, 0.15) is 0 Å². The van der Waals surface area contributed by atoms with E-state index in [4.69, 9.17) is 0 Å². The van der Waals surface area contributed by atoms with Crippen LogP contribution in [0.25, 0.3) is 6.08 Å². The zero-order chi connectivity index (χ0) is 8.10. The smallest absolute Gasteiger partial charge is 0.0801 e. The Morgan fingerprint density at radius 3 is 2.82 bits per heavy atom. The fourth-order valence-electron chi connectivity index (χ4n) is 0.725. The molecule has 11 heavy (non-hydrogen) atoms. The van der Waals surface area contributed by atoms with E-state index in [1.165, 1.54) is 4.88 Å². The zero-order valence-corrected chi connectivity index (χ0v) is 7.56. The second-order valence-corrected chi connectivity index (χ2v) is 3.07. The number of aromatic nitrogens is 1. The lowest BCUT2D eigenvalue weighted by Gasteiger charge is -1.83. The first-order chi connectivity index (χ1) is 5.34. The molecule has 0 aliphatic rings. The van der Waals surface area contributed by atoms with Crippen molar-refractivity contribution < 1.29 is 0 Å². The molecule has 0 saturated heterocycles. The summed E-state index contributed by atoms with van der Waals surface area (Å²) in [4.78, 5) is 5.38. The van der Waals surface area contributed by atoms with Gasteiger partial charge in [-0.3, -0.25) is 0 Å². The van der Waals surface area contributed by atoms with Crippen molar-refractivity contribution in [1.82, 2.24) is 4.98 Å². The molecule has 0 bridgehead atoms. The van der Waals surface area contributed by atoms with E-state index in [-0.39, 0.29) is 0 Å². The van der Waals surface area contributed by atoms with Gasteiger partial charge >= 0.3 is 0 Å². The molecular weight excluding hydrogens is 154 g/mol. The summed E-state index contributed by atoms with van der Waals surface area (Å²) >= 11 is 1.67. The van der Waals surface area contributed by atoms with Crippen LogP contribution < -0.4 is 0 Å². The van der Waals surface area contributed by atoms with Crippen LogP contribution in [-0.2, 0) is 0 Å². The van der Waals surface area contributed by atoms with E-state index in [0.29, 0.717) is 0 Å². The van der Waals surface area contributed by atoms with Gasteiger partial charge in [0, 0.05) is 4.88 Å². The normalized spacial score (nSPS) is 11.8. The van der Waals surface area contributed by atoms with E-state index < -0.39 is 0 Å². The Balaban J connectivity index is 2.71. The van der Waals surface area contributed by atoms with Crippen molar-refractivity contribution >= 4 is 17.4 Å². The lowest BCUT2D eigenvalue weighted by atomic mass is 10.3. The Kier molecular flexibility index (Phi) is 3.05. The number of aryl methyl sites for hydroxylation is 1. The molecular formula is C9H11NS. The fraction of sp³-hybridized carbons (Fsp3) is 0.222. The van der Waals surface area contributed by atoms with Crippen LogP contribution in [0.2, 0.25) is 0 Å². The first-order valence-corrected chi connectivity index (χ1v) is 4.42. The molecule has 1 rings (SSSR count). The summed E-state index contributed by atoms with van der Waals surface area (Å²) in [7, 11) is 0. The highest BCUT2D eigenvalue weighted by molar-refractivity contribution is 7.10. The molecule has 1 heterocycles. The molecule has 0 fully saturated rings. The lowest BCUT2D eigenvalue weighted by Crippen LogP contribution is -1.70. The Morgan fingerprint density at radius 1 is 1.45 bits per heavy atom. The van der Waals surface area contributed by atoms with Gasteiger partial charge in [0.25, 0.3) is 0 Å². The minimum atomic E-state index is 1.11. The summed E-state index contributed by atoms with van der Waals surface area (Å²) in [6.45, 7) is 4.02. The number of hydrogen-bond donors (Lipinski definition) is 0. The molecule has 1 nitrogen and oxygen atoms in total. The zero-order valence-electron chi connectivity index (χ0n) is 6.74. The largest absolute Gasteiger partial charge is 0.249 e. The molecule has 0 aliphatic carbocycles.